The van der Waals surface area contributed by atoms with Crippen molar-refractivity contribution in [2.45, 2.75) is 97.1 Å². The molecule has 0 amide bonds. The predicted molar refractivity (Wildman–Crippen MR) is 123 cm³/mol. The maximum Gasteiger partial charge on any atom is 0.334 e. The van der Waals surface area contributed by atoms with Crippen molar-refractivity contribution in [1.82, 2.24) is 0 Å². The van der Waals surface area contributed by atoms with Crippen LogP contribution in [-0.2, 0) is 47.6 Å². The molecule has 8 atom stereocenters. The molecule has 10 heteroatoms. The number of ether oxygens (including phenoxy) is 6. The van der Waals surface area contributed by atoms with Gasteiger partial charge in [-0.15, -0.1) is 0 Å². The van der Waals surface area contributed by atoms with Crippen LogP contribution in [0.25, 0.3) is 0 Å². The molecule has 198 valence electrons. The summed E-state index contributed by atoms with van der Waals surface area (Å²) in [5.41, 5.74) is 2.77. The van der Waals surface area contributed by atoms with Crippen molar-refractivity contribution in [3.05, 3.63) is 23.3 Å². The van der Waals surface area contributed by atoms with Crippen LogP contribution in [0.4, 0.5) is 0 Å². The van der Waals surface area contributed by atoms with E-state index in [1.807, 2.05) is 0 Å². The van der Waals surface area contributed by atoms with E-state index in [2.05, 4.69) is 20.4 Å². The highest BCUT2D eigenvalue weighted by Crippen LogP contribution is 2.55. The average Bonchev–Trinajstić information content (AvgIpc) is 3.01. The first-order chi connectivity index (χ1) is 16.9. The van der Waals surface area contributed by atoms with Crippen LogP contribution in [-0.4, -0.2) is 67.3 Å². The number of carbonyl (C=O) groups excluding carboxylic acids is 4. The first kappa shape index (κ1) is 26.3. The summed E-state index contributed by atoms with van der Waals surface area (Å²) in [6, 6.07) is 0. The molecule has 1 saturated carbocycles. The van der Waals surface area contributed by atoms with Crippen molar-refractivity contribution in [3.63, 3.8) is 0 Å². The van der Waals surface area contributed by atoms with Crippen molar-refractivity contribution < 1.29 is 47.6 Å². The second kappa shape index (κ2) is 9.97. The maximum atomic E-state index is 12.1. The van der Waals surface area contributed by atoms with Gasteiger partial charge in [0.15, 0.2) is 24.6 Å². The van der Waals surface area contributed by atoms with Crippen LogP contribution in [0.3, 0.4) is 0 Å². The van der Waals surface area contributed by atoms with E-state index in [9.17, 15) is 19.2 Å². The van der Waals surface area contributed by atoms with Crippen molar-refractivity contribution in [2.24, 2.45) is 11.3 Å². The van der Waals surface area contributed by atoms with E-state index in [0.29, 0.717) is 24.8 Å². The SMILES string of the molecule is C=C1C(=O)O[C@@H]2C[C@@]3(C)C[C@@H](O[C@@H]4OC[C@@H](OC(C)=O)[C@H](OC(C)=O)[C@H]4OC(C)=O)CC(C)=C3CC12. The molecule has 2 heterocycles. The zero-order valence-electron chi connectivity index (χ0n) is 21.4. The summed E-state index contributed by atoms with van der Waals surface area (Å²) in [6.07, 6.45) is -2.02. The number of allylic oxidation sites excluding steroid dienone is 1. The second-order valence-corrected chi connectivity index (χ2v) is 10.5. The van der Waals surface area contributed by atoms with Gasteiger partial charge in [0, 0.05) is 32.3 Å². The molecule has 36 heavy (non-hydrogen) atoms. The molecule has 0 aromatic carbocycles. The Labute approximate surface area is 210 Å². The summed E-state index contributed by atoms with van der Waals surface area (Å²) >= 11 is 0. The maximum absolute atomic E-state index is 12.1. The van der Waals surface area contributed by atoms with Crippen molar-refractivity contribution in [1.29, 1.82) is 0 Å². The van der Waals surface area contributed by atoms with E-state index in [-0.39, 0.29) is 36.1 Å². The van der Waals surface area contributed by atoms with Gasteiger partial charge in [0.1, 0.15) is 6.10 Å². The van der Waals surface area contributed by atoms with Gasteiger partial charge in [-0.25, -0.2) is 4.79 Å². The number of carbonyl (C=O) groups is 4. The number of esters is 4. The van der Waals surface area contributed by atoms with E-state index < -0.39 is 42.5 Å². The number of fused-ring (bicyclic) bond motifs is 2. The molecule has 4 rings (SSSR count). The zero-order valence-corrected chi connectivity index (χ0v) is 21.4. The molecule has 2 aliphatic heterocycles. The molecule has 2 saturated heterocycles. The highest BCUT2D eigenvalue weighted by atomic mass is 16.7. The summed E-state index contributed by atoms with van der Waals surface area (Å²) in [5.74, 6) is -2.13. The number of hydrogen-bond acceptors (Lipinski definition) is 10. The molecular weight excluding hydrogens is 472 g/mol. The van der Waals surface area contributed by atoms with E-state index in [4.69, 9.17) is 28.4 Å². The molecule has 1 unspecified atom stereocenters. The van der Waals surface area contributed by atoms with Crippen LogP contribution in [0, 0.1) is 11.3 Å². The molecule has 0 radical (unpaired) electrons. The normalized spacial score (nSPS) is 38.0. The second-order valence-electron chi connectivity index (χ2n) is 10.5. The molecule has 0 aromatic heterocycles. The quantitative estimate of drug-likeness (QED) is 0.238. The molecule has 0 spiro atoms. The third-order valence-electron chi connectivity index (χ3n) is 7.58. The Morgan fingerprint density at radius 3 is 2.25 bits per heavy atom. The van der Waals surface area contributed by atoms with Gasteiger partial charge in [0.25, 0.3) is 0 Å². The zero-order chi connectivity index (χ0) is 26.4. The lowest BCUT2D eigenvalue weighted by molar-refractivity contribution is -0.293. The summed E-state index contributed by atoms with van der Waals surface area (Å²) in [6.45, 7) is 11.7. The minimum absolute atomic E-state index is 0.00529. The van der Waals surface area contributed by atoms with Crippen LogP contribution in [0.1, 0.15) is 60.3 Å². The van der Waals surface area contributed by atoms with Gasteiger partial charge in [-0.05, 0) is 38.0 Å². The largest absolute Gasteiger partial charge is 0.458 e. The predicted octanol–water partition coefficient (Wildman–Crippen LogP) is 2.53. The van der Waals surface area contributed by atoms with Gasteiger partial charge >= 0.3 is 23.9 Å². The van der Waals surface area contributed by atoms with Crippen LogP contribution >= 0.6 is 0 Å². The molecule has 4 aliphatic rings. The van der Waals surface area contributed by atoms with Crippen LogP contribution in [0.15, 0.2) is 23.3 Å². The Morgan fingerprint density at radius 1 is 0.972 bits per heavy atom. The summed E-state index contributed by atoms with van der Waals surface area (Å²) in [7, 11) is 0. The van der Waals surface area contributed by atoms with Crippen molar-refractivity contribution >= 4 is 23.9 Å². The lowest BCUT2D eigenvalue weighted by Crippen LogP contribution is -2.59. The fraction of sp³-hybridized carbons (Fsp3) is 0.692. The Morgan fingerprint density at radius 2 is 1.61 bits per heavy atom. The van der Waals surface area contributed by atoms with Gasteiger partial charge in [0.2, 0.25) is 0 Å². The van der Waals surface area contributed by atoms with Crippen molar-refractivity contribution in [3.8, 4) is 0 Å². The molecule has 0 bridgehead atoms. The Hall–Kier alpha value is -2.72. The standard InChI is InChI=1S/C26H34O10/c1-12-7-17(9-26(6)10-20-18(8-19(12)26)13(2)24(30)36-20)35-25-23(34-16(5)29)22(33-15(4)28)21(11-31-25)32-14(3)27/h17-18,20-23,25H,2,7-11H2,1,3-6H3/t17-,18?,20+,21+,22-,23+,25-,26+/m0/s1. The highest BCUT2D eigenvalue weighted by Gasteiger charge is 2.53. The molecule has 0 aromatic rings. The molecule has 3 fully saturated rings. The van der Waals surface area contributed by atoms with Gasteiger partial charge in [-0.1, -0.05) is 24.6 Å². The average molecular weight is 507 g/mol. The Bertz CT molecular complexity index is 999. The molecule has 2 aliphatic carbocycles. The lowest BCUT2D eigenvalue weighted by atomic mass is 9.60. The van der Waals surface area contributed by atoms with Gasteiger partial charge in [0.05, 0.1) is 12.7 Å². The Balaban J connectivity index is 1.54. The summed E-state index contributed by atoms with van der Waals surface area (Å²) in [4.78, 5) is 47.4. The third-order valence-corrected chi connectivity index (χ3v) is 7.58. The monoisotopic (exact) mass is 506 g/mol. The van der Waals surface area contributed by atoms with Crippen LogP contribution in [0.5, 0.6) is 0 Å². The number of rotatable bonds is 5. The molecule has 0 N–H and O–H groups in total. The first-order valence-electron chi connectivity index (χ1n) is 12.3. The molecule has 10 nitrogen and oxygen atoms in total. The van der Waals surface area contributed by atoms with E-state index in [0.717, 1.165) is 6.42 Å². The first-order valence-corrected chi connectivity index (χ1v) is 12.3. The smallest absolute Gasteiger partial charge is 0.334 e. The van der Waals surface area contributed by atoms with E-state index >= 15 is 0 Å². The lowest BCUT2D eigenvalue weighted by Gasteiger charge is -2.48. The fourth-order valence-electron chi connectivity index (χ4n) is 6.19. The third kappa shape index (κ3) is 5.20. The number of hydrogen-bond donors (Lipinski definition) is 0. The van der Waals surface area contributed by atoms with Gasteiger partial charge in [-0.2, -0.15) is 0 Å². The Kier molecular flexibility index (Phi) is 7.30. The van der Waals surface area contributed by atoms with Crippen molar-refractivity contribution in [2.75, 3.05) is 6.61 Å². The minimum atomic E-state index is -1.13. The fourth-order valence-corrected chi connectivity index (χ4v) is 6.19. The minimum Gasteiger partial charge on any atom is -0.458 e. The van der Waals surface area contributed by atoms with E-state index in [1.54, 1.807) is 0 Å². The highest BCUT2D eigenvalue weighted by molar-refractivity contribution is 5.91. The summed E-state index contributed by atoms with van der Waals surface area (Å²) in [5, 5.41) is 0. The molecular formula is C26H34O10. The van der Waals surface area contributed by atoms with Gasteiger partial charge < -0.3 is 28.4 Å². The van der Waals surface area contributed by atoms with Gasteiger partial charge in [-0.3, -0.25) is 14.4 Å². The van der Waals surface area contributed by atoms with Crippen LogP contribution < -0.4 is 0 Å². The topological polar surface area (TPSA) is 124 Å². The van der Waals surface area contributed by atoms with Crippen LogP contribution in [0.2, 0.25) is 0 Å². The van der Waals surface area contributed by atoms with E-state index in [1.165, 1.54) is 31.9 Å². The summed E-state index contributed by atoms with van der Waals surface area (Å²) < 4.78 is 34.0.